The Hall–Kier alpha value is -3.28. The van der Waals surface area contributed by atoms with Crippen molar-refractivity contribution < 1.29 is 9.59 Å². The molecular weight excluding hydrogens is 328 g/mol. The summed E-state index contributed by atoms with van der Waals surface area (Å²) in [6.45, 7) is 5.36. The number of aromatic nitrogens is 1. The van der Waals surface area contributed by atoms with Crippen molar-refractivity contribution in [1.82, 2.24) is 10.3 Å². The van der Waals surface area contributed by atoms with Crippen LogP contribution < -0.4 is 15.5 Å². The monoisotopic (exact) mass is 348 g/mol. The Morgan fingerprint density at radius 2 is 2.00 bits per heavy atom. The highest BCUT2D eigenvalue weighted by atomic mass is 16.2. The van der Waals surface area contributed by atoms with Crippen LogP contribution in [-0.2, 0) is 0 Å². The number of aryl methyl sites for hydroxylation is 2. The van der Waals surface area contributed by atoms with E-state index < -0.39 is 0 Å². The maximum Gasteiger partial charge on any atom is 0.321 e. The molecule has 0 unspecified atom stereocenters. The third-order valence-corrected chi connectivity index (χ3v) is 4.86. The molecule has 6 heteroatoms. The Labute approximate surface area is 151 Å². The summed E-state index contributed by atoms with van der Waals surface area (Å²) in [4.78, 5) is 29.3. The maximum absolute atomic E-state index is 12.6. The third-order valence-electron chi connectivity index (χ3n) is 4.86. The van der Waals surface area contributed by atoms with Gasteiger partial charge in [0.15, 0.2) is 0 Å². The van der Waals surface area contributed by atoms with E-state index >= 15 is 0 Å². The molecule has 3 amide bonds. The Bertz CT molecular complexity index is 1020. The van der Waals surface area contributed by atoms with E-state index in [-0.39, 0.29) is 11.9 Å². The lowest BCUT2D eigenvalue weighted by atomic mass is 10.1. The number of carbonyl (C=O) groups is 2. The Morgan fingerprint density at radius 3 is 2.77 bits per heavy atom. The average Bonchev–Trinajstić information content (AvgIpc) is 3.25. The molecule has 1 saturated heterocycles. The number of nitrogens with one attached hydrogen (secondary N) is 3. The summed E-state index contributed by atoms with van der Waals surface area (Å²) in [5.74, 6) is -0.207. The van der Waals surface area contributed by atoms with Crippen LogP contribution in [0.4, 0.5) is 16.2 Å². The highest BCUT2D eigenvalue weighted by Crippen LogP contribution is 2.24. The smallest absolute Gasteiger partial charge is 0.321 e. The van der Waals surface area contributed by atoms with E-state index in [1.807, 2.05) is 36.4 Å². The van der Waals surface area contributed by atoms with Crippen LogP contribution >= 0.6 is 0 Å². The predicted octanol–water partition coefficient (Wildman–Crippen LogP) is 3.57. The van der Waals surface area contributed by atoms with Gasteiger partial charge in [-0.15, -0.1) is 0 Å². The Balaban J connectivity index is 1.58. The van der Waals surface area contributed by atoms with E-state index in [4.69, 9.17) is 0 Å². The summed E-state index contributed by atoms with van der Waals surface area (Å²) in [6, 6.07) is 13.1. The van der Waals surface area contributed by atoms with Gasteiger partial charge in [0.05, 0.1) is 0 Å². The number of H-pyrrole nitrogens is 1. The molecule has 0 atom stereocenters. The number of rotatable bonds is 3. The van der Waals surface area contributed by atoms with Crippen LogP contribution in [0, 0.1) is 13.8 Å². The van der Waals surface area contributed by atoms with Gasteiger partial charge in [-0.3, -0.25) is 9.69 Å². The normalized spacial score (nSPS) is 13.9. The second-order valence-electron chi connectivity index (χ2n) is 6.54. The van der Waals surface area contributed by atoms with Crippen molar-refractivity contribution in [2.24, 2.45) is 0 Å². The molecule has 26 heavy (non-hydrogen) atoms. The average molecular weight is 348 g/mol. The molecule has 0 saturated carbocycles. The van der Waals surface area contributed by atoms with E-state index in [1.165, 1.54) is 11.1 Å². The van der Waals surface area contributed by atoms with Crippen molar-refractivity contribution in [3.05, 3.63) is 59.3 Å². The van der Waals surface area contributed by atoms with Crippen molar-refractivity contribution in [2.45, 2.75) is 13.8 Å². The lowest BCUT2D eigenvalue weighted by Gasteiger charge is -2.15. The number of fused-ring (bicyclic) bond motifs is 1. The summed E-state index contributed by atoms with van der Waals surface area (Å²) in [5.41, 5.74) is 5.23. The van der Waals surface area contributed by atoms with Crippen molar-refractivity contribution in [2.75, 3.05) is 23.3 Å². The van der Waals surface area contributed by atoms with E-state index in [0.717, 1.165) is 16.6 Å². The molecule has 6 nitrogen and oxygen atoms in total. The van der Waals surface area contributed by atoms with E-state index in [9.17, 15) is 9.59 Å². The van der Waals surface area contributed by atoms with E-state index in [0.29, 0.717) is 24.5 Å². The van der Waals surface area contributed by atoms with E-state index in [2.05, 4.69) is 29.5 Å². The van der Waals surface area contributed by atoms with Crippen molar-refractivity contribution in [3.63, 3.8) is 0 Å². The van der Waals surface area contributed by atoms with Crippen LogP contribution in [0.15, 0.2) is 42.5 Å². The number of nitrogens with zero attached hydrogens (tertiary/aromatic N) is 1. The van der Waals surface area contributed by atoms with E-state index in [1.54, 1.807) is 11.0 Å². The van der Waals surface area contributed by atoms with Gasteiger partial charge in [-0.1, -0.05) is 12.1 Å². The zero-order valence-corrected chi connectivity index (χ0v) is 14.7. The minimum absolute atomic E-state index is 0.116. The second-order valence-corrected chi connectivity index (χ2v) is 6.54. The van der Waals surface area contributed by atoms with Gasteiger partial charge in [-0.2, -0.15) is 0 Å². The van der Waals surface area contributed by atoms with Crippen LogP contribution in [0.3, 0.4) is 0 Å². The first-order chi connectivity index (χ1) is 12.5. The first-order valence-corrected chi connectivity index (χ1v) is 8.58. The molecule has 2 aromatic carbocycles. The fourth-order valence-corrected chi connectivity index (χ4v) is 3.25. The summed E-state index contributed by atoms with van der Waals surface area (Å²) >= 11 is 0. The Kier molecular flexibility index (Phi) is 3.88. The van der Waals surface area contributed by atoms with Gasteiger partial charge in [0.1, 0.15) is 5.69 Å². The predicted molar refractivity (Wildman–Crippen MR) is 103 cm³/mol. The van der Waals surface area contributed by atoms with Gasteiger partial charge < -0.3 is 15.6 Å². The minimum Gasteiger partial charge on any atom is -0.351 e. The Morgan fingerprint density at radius 1 is 1.15 bits per heavy atom. The van der Waals surface area contributed by atoms with Gasteiger partial charge in [0.2, 0.25) is 0 Å². The van der Waals surface area contributed by atoms with Gasteiger partial charge in [0, 0.05) is 35.4 Å². The maximum atomic E-state index is 12.6. The van der Waals surface area contributed by atoms with Crippen molar-refractivity contribution in [1.29, 1.82) is 0 Å². The third kappa shape index (κ3) is 2.79. The SMILES string of the molecule is Cc1ccc2[nH]c(C(=O)Nc3cccc(N4CCNC4=O)c3)cc2c1C. The second kappa shape index (κ2) is 6.22. The van der Waals surface area contributed by atoms with Crippen LogP contribution in [0.2, 0.25) is 0 Å². The molecular formula is C20H20N4O2. The van der Waals surface area contributed by atoms with Crippen LogP contribution in [0.5, 0.6) is 0 Å². The molecule has 0 spiro atoms. The number of aromatic amines is 1. The lowest BCUT2D eigenvalue weighted by Crippen LogP contribution is -2.27. The standard InChI is InChI=1S/C20H20N4O2/c1-12-6-7-17-16(13(12)2)11-18(23-17)19(25)22-14-4-3-5-15(10-14)24-9-8-21-20(24)26/h3-7,10-11,23H,8-9H2,1-2H3,(H,21,26)(H,22,25). The number of hydrogen-bond donors (Lipinski definition) is 3. The van der Waals surface area contributed by atoms with Gasteiger partial charge in [-0.05, 0) is 55.3 Å². The molecule has 132 valence electrons. The topological polar surface area (TPSA) is 77.2 Å². The first-order valence-electron chi connectivity index (χ1n) is 8.58. The number of anilines is 2. The fourth-order valence-electron chi connectivity index (χ4n) is 3.25. The molecule has 0 bridgehead atoms. The van der Waals surface area contributed by atoms with Crippen molar-refractivity contribution in [3.8, 4) is 0 Å². The largest absolute Gasteiger partial charge is 0.351 e. The molecule has 0 radical (unpaired) electrons. The highest BCUT2D eigenvalue weighted by Gasteiger charge is 2.21. The summed E-state index contributed by atoms with van der Waals surface area (Å²) in [5, 5.41) is 6.73. The fraction of sp³-hybridized carbons (Fsp3) is 0.200. The van der Waals surface area contributed by atoms with Crippen LogP contribution in [0.1, 0.15) is 21.6 Å². The number of amides is 3. The molecule has 1 fully saturated rings. The molecule has 2 heterocycles. The molecule has 1 aromatic heterocycles. The lowest BCUT2D eigenvalue weighted by molar-refractivity contribution is 0.102. The van der Waals surface area contributed by atoms with Crippen LogP contribution in [-0.4, -0.2) is 30.0 Å². The molecule has 3 N–H and O–H groups in total. The molecule has 1 aliphatic rings. The summed E-state index contributed by atoms with van der Waals surface area (Å²) in [7, 11) is 0. The van der Waals surface area contributed by atoms with Crippen molar-refractivity contribution >= 4 is 34.2 Å². The zero-order chi connectivity index (χ0) is 18.3. The molecule has 1 aliphatic heterocycles. The number of carbonyl (C=O) groups excluding carboxylic acids is 2. The molecule has 3 aromatic rings. The molecule has 4 rings (SSSR count). The zero-order valence-electron chi connectivity index (χ0n) is 14.7. The first kappa shape index (κ1) is 16.2. The minimum atomic E-state index is -0.207. The number of benzene rings is 2. The van der Waals surface area contributed by atoms with Gasteiger partial charge >= 0.3 is 6.03 Å². The number of hydrogen-bond acceptors (Lipinski definition) is 2. The summed E-state index contributed by atoms with van der Waals surface area (Å²) < 4.78 is 0. The quantitative estimate of drug-likeness (QED) is 0.677. The van der Waals surface area contributed by atoms with Gasteiger partial charge in [0.25, 0.3) is 5.91 Å². The highest BCUT2D eigenvalue weighted by molar-refractivity contribution is 6.06. The molecule has 0 aliphatic carbocycles. The van der Waals surface area contributed by atoms with Crippen LogP contribution in [0.25, 0.3) is 10.9 Å². The number of urea groups is 1. The van der Waals surface area contributed by atoms with Gasteiger partial charge in [-0.25, -0.2) is 4.79 Å². The summed E-state index contributed by atoms with van der Waals surface area (Å²) in [6.07, 6.45) is 0.